The van der Waals surface area contributed by atoms with E-state index in [-0.39, 0.29) is 0 Å². The third-order valence-electron chi connectivity index (χ3n) is 4.28. The summed E-state index contributed by atoms with van der Waals surface area (Å²) in [5, 5.41) is 0. The van der Waals surface area contributed by atoms with E-state index in [4.69, 9.17) is 0 Å². The summed E-state index contributed by atoms with van der Waals surface area (Å²) in [5.74, 6) is 0.725. The van der Waals surface area contributed by atoms with Crippen molar-refractivity contribution in [2.75, 3.05) is 27.2 Å². The lowest BCUT2D eigenvalue weighted by atomic mass is 9.74. The Bertz CT molecular complexity index is 247. The first-order chi connectivity index (χ1) is 7.99. The van der Waals surface area contributed by atoms with Gasteiger partial charge < -0.3 is 0 Å². The molecule has 2 aliphatic rings. The van der Waals surface area contributed by atoms with Gasteiger partial charge in [0.15, 0.2) is 0 Å². The molecule has 5 nitrogen and oxygen atoms in total. The van der Waals surface area contributed by atoms with Crippen LogP contribution in [0.25, 0.3) is 0 Å². The summed E-state index contributed by atoms with van der Waals surface area (Å²) in [6, 6.07) is 0.581. The molecule has 2 heterocycles. The van der Waals surface area contributed by atoms with Crippen LogP contribution in [0, 0.1) is 11.3 Å². The molecule has 2 saturated heterocycles. The number of hydrogen-bond donors (Lipinski definition) is 4. The Morgan fingerprint density at radius 2 is 1.76 bits per heavy atom. The number of hydrazine groups is 2. The van der Waals surface area contributed by atoms with E-state index >= 15 is 0 Å². The van der Waals surface area contributed by atoms with E-state index in [0.717, 1.165) is 19.0 Å². The van der Waals surface area contributed by atoms with Crippen molar-refractivity contribution in [3.8, 4) is 0 Å². The maximum Gasteiger partial charge on any atom is 0.0739 e. The minimum absolute atomic E-state index is 0.372. The summed E-state index contributed by atoms with van der Waals surface area (Å²) in [5.41, 5.74) is 13.6. The van der Waals surface area contributed by atoms with Crippen LogP contribution in [0.3, 0.4) is 0 Å². The standard InChI is InChI=1S/C12H27N5/c1-12(2,9-7-13-14-8-9)6-10-5-11(16-15-10)17(3)4/h9-11,13-16H,5-8H2,1-4H3. The van der Waals surface area contributed by atoms with Gasteiger partial charge in [-0.05, 0) is 38.3 Å². The van der Waals surface area contributed by atoms with Gasteiger partial charge in [-0.3, -0.25) is 21.2 Å². The molecule has 2 fully saturated rings. The largest absolute Gasteiger partial charge is 0.293 e. The van der Waals surface area contributed by atoms with Crippen molar-refractivity contribution in [2.45, 2.75) is 38.9 Å². The Hall–Kier alpha value is -0.200. The van der Waals surface area contributed by atoms with Crippen LogP contribution in [0.5, 0.6) is 0 Å². The molecule has 2 aliphatic heterocycles. The molecule has 0 aromatic carbocycles. The Kier molecular flexibility index (Phi) is 4.05. The molecule has 2 atom stereocenters. The zero-order chi connectivity index (χ0) is 12.5. The second-order valence-corrected chi connectivity index (χ2v) is 6.35. The van der Waals surface area contributed by atoms with Crippen LogP contribution in [0.1, 0.15) is 26.7 Å². The first kappa shape index (κ1) is 13.2. The van der Waals surface area contributed by atoms with Gasteiger partial charge in [0, 0.05) is 19.1 Å². The summed E-state index contributed by atoms with van der Waals surface area (Å²) in [4.78, 5) is 2.23. The molecule has 0 aliphatic carbocycles. The zero-order valence-electron chi connectivity index (χ0n) is 11.5. The number of nitrogens with zero attached hydrogens (tertiary/aromatic N) is 1. The van der Waals surface area contributed by atoms with Crippen LogP contribution in [0.15, 0.2) is 0 Å². The summed E-state index contributed by atoms with van der Waals surface area (Å²) >= 11 is 0. The molecule has 5 heteroatoms. The van der Waals surface area contributed by atoms with Crippen LogP contribution in [-0.4, -0.2) is 44.3 Å². The molecular weight excluding hydrogens is 214 g/mol. The summed E-state index contributed by atoms with van der Waals surface area (Å²) in [6.07, 6.45) is 2.87. The molecule has 0 radical (unpaired) electrons. The topological polar surface area (TPSA) is 51.4 Å². The Morgan fingerprint density at radius 1 is 1.12 bits per heavy atom. The monoisotopic (exact) mass is 241 g/mol. The van der Waals surface area contributed by atoms with Crippen molar-refractivity contribution in [1.82, 2.24) is 26.6 Å². The van der Waals surface area contributed by atoms with Gasteiger partial charge in [-0.15, -0.1) is 0 Å². The van der Waals surface area contributed by atoms with Crippen molar-refractivity contribution >= 4 is 0 Å². The van der Waals surface area contributed by atoms with Gasteiger partial charge in [0.05, 0.1) is 6.17 Å². The van der Waals surface area contributed by atoms with E-state index in [1.54, 1.807) is 0 Å². The molecule has 0 saturated carbocycles. The van der Waals surface area contributed by atoms with Gasteiger partial charge in [0.25, 0.3) is 0 Å². The minimum atomic E-state index is 0.372. The third kappa shape index (κ3) is 3.17. The van der Waals surface area contributed by atoms with Crippen LogP contribution in [0.2, 0.25) is 0 Å². The highest BCUT2D eigenvalue weighted by Crippen LogP contribution is 2.34. The van der Waals surface area contributed by atoms with Crippen molar-refractivity contribution in [3.05, 3.63) is 0 Å². The van der Waals surface area contributed by atoms with Gasteiger partial charge in [-0.25, -0.2) is 5.43 Å². The highest BCUT2D eigenvalue weighted by Gasteiger charge is 2.36. The molecule has 100 valence electrons. The molecule has 0 spiro atoms. The molecule has 0 aromatic rings. The fraction of sp³-hybridized carbons (Fsp3) is 1.00. The van der Waals surface area contributed by atoms with E-state index in [2.05, 4.69) is 54.5 Å². The van der Waals surface area contributed by atoms with E-state index < -0.39 is 0 Å². The van der Waals surface area contributed by atoms with Gasteiger partial charge >= 0.3 is 0 Å². The van der Waals surface area contributed by atoms with Crippen LogP contribution < -0.4 is 21.7 Å². The van der Waals surface area contributed by atoms with Crippen LogP contribution in [-0.2, 0) is 0 Å². The molecule has 0 amide bonds. The highest BCUT2D eigenvalue weighted by molar-refractivity contribution is 4.90. The first-order valence-corrected chi connectivity index (χ1v) is 6.62. The van der Waals surface area contributed by atoms with Crippen molar-refractivity contribution < 1.29 is 0 Å². The van der Waals surface area contributed by atoms with Gasteiger partial charge in [0.1, 0.15) is 0 Å². The van der Waals surface area contributed by atoms with Gasteiger partial charge in [-0.2, -0.15) is 0 Å². The van der Waals surface area contributed by atoms with Crippen LogP contribution >= 0.6 is 0 Å². The maximum atomic E-state index is 3.44. The summed E-state index contributed by atoms with van der Waals surface area (Å²) in [7, 11) is 4.25. The average molecular weight is 241 g/mol. The fourth-order valence-electron chi connectivity index (χ4n) is 2.89. The van der Waals surface area contributed by atoms with Crippen molar-refractivity contribution in [3.63, 3.8) is 0 Å². The molecular formula is C12H27N5. The van der Waals surface area contributed by atoms with Gasteiger partial charge in [-0.1, -0.05) is 13.8 Å². The molecule has 2 rings (SSSR count). The maximum absolute atomic E-state index is 3.44. The number of rotatable bonds is 4. The van der Waals surface area contributed by atoms with E-state index in [1.807, 2.05) is 0 Å². The quantitative estimate of drug-likeness (QED) is 0.553. The van der Waals surface area contributed by atoms with E-state index in [1.165, 1.54) is 12.8 Å². The van der Waals surface area contributed by atoms with Crippen molar-refractivity contribution in [2.24, 2.45) is 11.3 Å². The fourth-order valence-corrected chi connectivity index (χ4v) is 2.89. The molecule has 2 unspecified atom stereocenters. The van der Waals surface area contributed by atoms with Gasteiger partial charge in [0.2, 0.25) is 0 Å². The van der Waals surface area contributed by atoms with Crippen molar-refractivity contribution in [1.29, 1.82) is 0 Å². The second kappa shape index (κ2) is 5.20. The Balaban J connectivity index is 1.84. The number of hydrogen-bond acceptors (Lipinski definition) is 5. The lowest BCUT2D eigenvalue weighted by Gasteiger charge is -2.33. The second-order valence-electron chi connectivity index (χ2n) is 6.35. The predicted octanol–water partition coefficient (Wildman–Crippen LogP) is -0.119. The van der Waals surface area contributed by atoms with E-state index in [9.17, 15) is 0 Å². The third-order valence-corrected chi connectivity index (χ3v) is 4.28. The SMILES string of the molecule is CN(C)C1CC(CC(C)(C)C2CNNC2)NN1. The lowest BCUT2D eigenvalue weighted by molar-refractivity contribution is 0.195. The molecule has 0 bridgehead atoms. The zero-order valence-corrected chi connectivity index (χ0v) is 11.5. The Morgan fingerprint density at radius 3 is 2.29 bits per heavy atom. The smallest absolute Gasteiger partial charge is 0.0739 e. The molecule has 0 aromatic heterocycles. The predicted molar refractivity (Wildman–Crippen MR) is 70.0 cm³/mol. The normalized spacial score (nSPS) is 31.6. The summed E-state index contributed by atoms with van der Waals surface area (Å²) < 4.78 is 0. The lowest BCUT2D eigenvalue weighted by Crippen LogP contribution is -2.41. The minimum Gasteiger partial charge on any atom is -0.293 e. The highest BCUT2D eigenvalue weighted by atomic mass is 15.5. The van der Waals surface area contributed by atoms with Crippen LogP contribution in [0.4, 0.5) is 0 Å². The molecule has 4 N–H and O–H groups in total. The summed E-state index contributed by atoms with van der Waals surface area (Å²) in [6.45, 7) is 6.95. The molecule has 17 heavy (non-hydrogen) atoms. The first-order valence-electron chi connectivity index (χ1n) is 6.62. The Labute approximate surface area is 105 Å². The van der Waals surface area contributed by atoms with E-state index in [0.29, 0.717) is 17.6 Å². The average Bonchev–Trinajstić information content (AvgIpc) is 2.85. The number of nitrogens with one attached hydrogen (secondary N) is 4.